The van der Waals surface area contributed by atoms with Gasteiger partial charge in [0.05, 0.1) is 7.11 Å². The number of sulfonamides is 1. The van der Waals surface area contributed by atoms with E-state index in [9.17, 15) is 8.42 Å². The van der Waals surface area contributed by atoms with Crippen LogP contribution in [0.25, 0.3) is 0 Å². The van der Waals surface area contributed by atoms with Crippen molar-refractivity contribution in [2.45, 2.75) is 4.90 Å². The number of rotatable bonds is 3. The average Bonchev–Trinajstić information content (AvgIpc) is 2.40. The fourth-order valence-corrected chi connectivity index (χ4v) is 4.21. The maximum atomic E-state index is 12.5. The molecule has 1 N–H and O–H groups in total. The Balaban J connectivity index is 0.00000180. The minimum absolute atomic E-state index is 0. The third kappa shape index (κ3) is 3.61. The van der Waals surface area contributed by atoms with Crippen LogP contribution < -0.4 is 10.1 Å². The molecule has 19 heavy (non-hydrogen) atoms. The van der Waals surface area contributed by atoms with Gasteiger partial charge in [-0.15, -0.1) is 12.4 Å². The lowest BCUT2D eigenvalue weighted by Crippen LogP contribution is -2.46. The van der Waals surface area contributed by atoms with Crippen LogP contribution in [0.15, 0.2) is 27.6 Å². The highest BCUT2D eigenvalue weighted by Gasteiger charge is 2.28. The number of nitrogens with one attached hydrogen (secondary N) is 1. The molecule has 8 heteroatoms. The zero-order chi connectivity index (χ0) is 13.2. The van der Waals surface area contributed by atoms with Crippen molar-refractivity contribution in [3.63, 3.8) is 0 Å². The van der Waals surface area contributed by atoms with Crippen LogP contribution in [-0.4, -0.2) is 46.0 Å². The smallest absolute Gasteiger partial charge is 0.244 e. The van der Waals surface area contributed by atoms with E-state index in [0.717, 1.165) is 0 Å². The first kappa shape index (κ1) is 16.7. The van der Waals surface area contributed by atoms with Crippen LogP contribution in [0.4, 0.5) is 0 Å². The van der Waals surface area contributed by atoms with Crippen LogP contribution in [0.2, 0.25) is 0 Å². The second-order valence-corrected chi connectivity index (χ2v) is 6.71. The highest BCUT2D eigenvalue weighted by Crippen LogP contribution is 2.29. The average molecular weight is 372 g/mol. The van der Waals surface area contributed by atoms with Crippen LogP contribution in [0.1, 0.15) is 0 Å². The minimum Gasteiger partial charge on any atom is -0.497 e. The van der Waals surface area contributed by atoms with Crippen molar-refractivity contribution in [3.8, 4) is 5.75 Å². The zero-order valence-corrected chi connectivity index (χ0v) is 13.6. The van der Waals surface area contributed by atoms with Gasteiger partial charge in [0, 0.05) is 36.7 Å². The Morgan fingerprint density at radius 2 is 1.95 bits per heavy atom. The highest BCUT2D eigenvalue weighted by atomic mass is 79.9. The molecule has 1 fully saturated rings. The molecule has 1 heterocycles. The van der Waals surface area contributed by atoms with Crippen LogP contribution in [0.3, 0.4) is 0 Å². The SMILES string of the molecule is COc1ccc(Br)c(S(=O)(=O)N2CCNCC2)c1.Cl. The number of hydrogen-bond acceptors (Lipinski definition) is 4. The summed E-state index contributed by atoms with van der Waals surface area (Å²) >= 11 is 3.29. The summed E-state index contributed by atoms with van der Waals surface area (Å²) in [5, 5.41) is 3.13. The molecule has 0 aliphatic carbocycles. The van der Waals surface area contributed by atoms with E-state index in [4.69, 9.17) is 4.74 Å². The van der Waals surface area contributed by atoms with E-state index < -0.39 is 10.0 Å². The molecule has 0 unspecified atom stereocenters. The van der Waals surface area contributed by atoms with Gasteiger partial charge in [-0.05, 0) is 28.1 Å². The number of benzene rings is 1. The summed E-state index contributed by atoms with van der Waals surface area (Å²) < 4.78 is 32.1. The Labute approximate surface area is 127 Å². The highest BCUT2D eigenvalue weighted by molar-refractivity contribution is 9.10. The maximum absolute atomic E-state index is 12.5. The van der Waals surface area contributed by atoms with Crippen molar-refractivity contribution in [3.05, 3.63) is 22.7 Å². The molecule has 0 amide bonds. The quantitative estimate of drug-likeness (QED) is 0.874. The van der Waals surface area contributed by atoms with Gasteiger partial charge in [0.15, 0.2) is 0 Å². The molecule has 0 atom stereocenters. The predicted octanol–water partition coefficient (Wildman–Crippen LogP) is 1.47. The number of methoxy groups -OCH3 is 1. The lowest BCUT2D eigenvalue weighted by molar-refractivity contribution is 0.359. The standard InChI is InChI=1S/C11H15BrN2O3S.ClH/c1-17-9-2-3-10(12)11(8-9)18(15,16)14-6-4-13-5-7-14;/h2-3,8,13H,4-7H2,1H3;1H. The van der Waals surface area contributed by atoms with Crippen molar-refractivity contribution in [2.24, 2.45) is 0 Å². The molecule has 0 spiro atoms. The van der Waals surface area contributed by atoms with Crippen LogP contribution in [-0.2, 0) is 10.0 Å². The number of halogens is 2. The van der Waals surface area contributed by atoms with Gasteiger partial charge in [0.25, 0.3) is 0 Å². The monoisotopic (exact) mass is 370 g/mol. The molecular weight excluding hydrogens is 356 g/mol. The summed E-state index contributed by atoms with van der Waals surface area (Å²) in [6.45, 7) is 2.35. The van der Waals surface area contributed by atoms with Crippen molar-refractivity contribution >= 4 is 38.4 Å². The third-order valence-corrected chi connectivity index (χ3v) is 5.72. The largest absolute Gasteiger partial charge is 0.497 e. The first-order chi connectivity index (χ1) is 8.55. The molecule has 5 nitrogen and oxygen atoms in total. The summed E-state index contributed by atoms with van der Waals surface area (Å²) in [6.07, 6.45) is 0. The molecule has 1 aromatic rings. The van der Waals surface area contributed by atoms with Gasteiger partial charge < -0.3 is 10.1 Å². The topological polar surface area (TPSA) is 58.6 Å². The summed E-state index contributed by atoms with van der Waals surface area (Å²) in [4.78, 5) is 0.253. The molecule has 1 saturated heterocycles. The Morgan fingerprint density at radius 1 is 1.32 bits per heavy atom. The Morgan fingerprint density at radius 3 is 2.53 bits per heavy atom. The number of hydrogen-bond donors (Lipinski definition) is 1. The minimum atomic E-state index is -3.46. The van der Waals surface area contributed by atoms with Crippen LogP contribution in [0, 0.1) is 0 Å². The molecule has 2 rings (SSSR count). The van der Waals surface area contributed by atoms with E-state index in [1.807, 2.05) is 0 Å². The molecule has 0 aromatic heterocycles. The molecule has 108 valence electrons. The second kappa shape index (κ2) is 6.90. The van der Waals surface area contributed by atoms with E-state index in [1.165, 1.54) is 11.4 Å². The van der Waals surface area contributed by atoms with Crippen molar-refractivity contribution in [2.75, 3.05) is 33.3 Å². The number of nitrogens with zero attached hydrogens (tertiary/aromatic N) is 1. The van der Waals surface area contributed by atoms with Gasteiger partial charge in [-0.1, -0.05) is 0 Å². The normalized spacial score (nSPS) is 16.7. The fraction of sp³-hybridized carbons (Fsp3) is 0.455. The Bertz CT molecular complexity index is 533. The molecule has 1 aromatic carbocycles. The molecule has 0 radical (unpaired) electrons. The van der Waals surface area contributed by atoms with E-state index in [-0.39, 0.29) is 17.3 Å². The van der Waals surface area contributed by atoms with Gasteiger partial charge in [-0.25, -0.2) is 8.42 Å². The van der Waals surface area contributed by atoms with Crippen LogP contribution in [0.5, 0.6) is 5.75 Å². The molecule has 0 bridgehead atoms. The van der Waals surface area contributed by atoms with E-state index in [1.54, 1.807) is 18.2 Å². The fourth-order valence-electron chi connectivity index (χ4n) is 1.83. The predicted molar refractivity (Wildman–Crippen MR) is 79.6 cm³/mol. The van der Waals surface area contributed by atoms with E-state index in [2.05, 4.69) is 21.2 Å². The van der Waals surface area contributed by atoms with Crippen LogP contribution >= 0.6 is 28.3 Å². The van der Waals surface area contributed by atoms with E-state index >= 15 is 0 Å². The molecule has 1 aliphatic rings. The molecular formula is C11H16BrClN2O3S. The second-order valence-electron chi connectivity index (χ2n) is 3.95. The third-order valence-electron chi connectivity index (χ3n) is 2.83. The lowest BCUT2D eigenvalue weighted by atomic mass is 10.3. The number of ether oxygens (including phenoxy) is 1. The Kier molecular flexibility index (Phi) is 6.07. The van der Waals surface area contributed by atoms with Gasteiger partial charge in [-0.2, -0.15) is 4.31 Å². The summed E-state index contributed by atoms with van der Waals surface area (Å²) in [5.41, 5.74) is 0. The van der Waals surface area contributed by atoms with Gasteiger partial charge in [-0.3, -0.25) is 0 Å². The Hall–Kier alpha value is -0.340. The summed E-state index contributed by atoms with van der Waals surface area (Å²) in [5.74, 6) is 0.534. The van der Waals surface area contributed by atoms with Crippen molar-refractivity contribution in [1.82, 2.24) is 9.62 Å². The molecule has 1 aliphatic heterocycles. The maximum Gasteiger partial charge on any atom is 0.244 e. The van der Waals surface area contributed by atoms with E-state index in [0.29, 0.717) is 36.4 Å². The summed E-state index contributed by atoms with van der Waals surface area (Å²) in [6, 6.07) is 4.95. The molecule has 0 saturated carbocycles. The van der Waals surface area contributed by atoms with Gasteiger partial charge in [0.1, 0.15) is 10.6 Å². The summed E-state index contributed by atoms with van der Waals surface area (Å²) in [7, 11) is -1.94. The number of piperazine rings is 1. The zero-order valence-electron chi connectivity index (χ0n) is 10.4. The van der Waals surface area contributed by atoms with Crippen molar-refractivity contribution < 1.29 is 13.2 Å². The lowest BCUT2D eigenvalue weighted by Gasteiger charge is -2.27. The van der Waals surface area contributed by atoms with Crippen molar-refractivity contribution in [1.29, 1.82) is 0 Å². The van der Waals surface area contributed by atoms with Gasteiger partial charge in [0.2, 0.25) is 10.0 Å². The first-order valence-corrected chi connectivity index (χ1v) is 7.83. The first-order valence-electron chi connectivity index (χ1n) is 5.60. The van der Waals surface area contributed by atoms with Gasteiger partial charge >= 0.3 is 0 Å².